The predicted octanol–water partition coefficient (Wildman–Crippen LogP) is 4.47. The molecular formula is C37H44ClN5O4. The van der Waals surface area contributed by atoms with Crippen LogP contribution in [0.1, 0.15) is 50.5 Å². The van der Waals surface area contributed by atoms with Crippen molar-refractivity contribution in [1.82, 2.24) is 16.0 Å². The molecule has 2 aliphatic carbocycles. The van der Waals surface area contributed by atoms with Crippen LogP contribution in [0.25, 0.3) is 23.2 Å². The summed E-state index contributed by atoms with van der Waals surface area (Å²) in [7, 11) is 3.83. The fourth-order valence-electron chi connectivity index (χ4n) is 7.33. The maximum absolute atomic E-state index is 12.7. The first-order chi connectivity index (χ1) is 22.6. The summed E-state index contributed by atoms with van der Waals surface area (Å²) in [6.07, 6.45) is 12.5. The van der Waals surface area contributed by atoms with Gasteiger partial charge in [-0.05, 0) is 90.5 Å². The highest BCUT2D eigenvalue weighted by Gasteiger charge is 2.34. The topological polar surface area (TPSA) is 113 Å². The molecule has 1 fully saturated rings. The number of fused-ring (bicyclic) bond motifs is 3. The molecule has 248 valence electrons. The molecule has 9 nitrogen and oxygen atoms in total. The summed E-state index contributed by atoms with van der Waals surface area (Å²) >= 11 is 6.15. The maximum Gasteiger partial charge on any atom is 0.336 e. The molecule has 4 N–H and O–H groups in total. The Labute approximate surface area is 280 Å². The zero-order chi connectivity index (χ0) is 33.1. The lowest BCUT2D eigenvalue weighted by molar-refractivity contribution is -0.141. The summed E-state index contributed by atoms with van der Waals surface area (Å²) in [6, 6.07) is 12.7. The number of allylic oxidation sites excluding steroid dienone is 1. The normalized spacial score (nSPS) is 21.2. The Bertz CT molecular complexity index is 1880. The van der Waals surface area contributed by atoms with E-state index in [0.29, 0.717) is 28.0 Å². The van der Waals surface area contributed by atoms with E-state index in [9.17, 15) is 9.59 Å². The molecule has 3 aliphatic rings. The number of anilines is 1. The molecule has 1 aromatic heterocycles. The smallest absolute Gasteiger partial charge is 0.336 e. The number of nitrogens with two attached hydrogens (primary N) is 1. The summed E-state index contributed by atoms with van der Waals surface area (Å²) in [5.74, 6) is 1.54. The number of carbonyl (C=O) groups is 1. The average Bonchev–Trinajstić information content (AvgIpc) is 3.49. The second kappa shape index (κ2) is 14.3. The zero-order valence-electron chi connectivity index (χ0n) is 27.2. The van der Waals surface area contributed by atoms with Crippen LogP contribution in [0.3, 0.4) is 0 Å². The van der Waals surface area contributed by atoms with Gasteiger partial charge in [0.25, 0.3) is 0 Å². The van der Waals surface area contributed by atoms with Gasteiger partial charge in [0, 0.05) is 66.0 Å². The van der Waals surface area contributed by atoms with Crippen LogP contribution < -0.4 is 37.7 Å². The number of halogens is 1. The first-order valence-corrected chi connectivity index (χ1v) is 16.8. The monoisotopic (exact) mass is 657 g/mol. The van der Waals surface area contributed by atoms with Crippen molar-refractivity contribution in [2.75, 3.05) is 32.1 Å². The molecule has 0 spiro atoms. The van der Waals surface area contributed by atoms with Crippen molar-refractivity contribution in [3.63, 3.8) is 0 Å². The number of hydrogen-bond acceptors (Lipinski definition) is 9. The van der Waals surface area contributed by atoms with E-state index >= 15 is 0 Å². The first-order valence-electron chi connectivity index (χ1n) is 16.5. The molecule has 47 heavy (non-hydrogen) atoms. The van der Waals surface area contributed by atoms with Crippen molar-refractivity contribution in [1.29, 1.82) is 0 Å². The van der Waals surface area contributed by atoms with E-state index in [2.05, 4.69) is 23.6 Å². The van der Waals surface area contributed by atoms with E-state index in [0.717, 1.165) is 64.6 Å². The number of hydrazine groups is 2. The highest BCUT2D eigenvalue weighted by atomic mass is 35.5. The molecule has 6 rings (SSSR count). The SMILES string of the molecule is C=c1cc(Cl)cc/c1=C(\N)C1=CCC2CC(CCCCN3C=C(COC(=O)Cc4cc(=O)oc5cc(N(C)C)ccc45)NN3)CC1C2. The minimum absolute atomic E-state index is 0.0173. The van der Waals surface area contributed by atoms with Crippen LogP contribution in [0.2, 0.25) is 5.02 Å². The lowest BCUT2D eigenvalue weighted by Crippen LogP contribution is -2.37. The summed E-state index contributed by atoms with van der Waals surface area (Å²) in [5.41, 5.74) is 17.3. The van der Waals surface area contributed by atoms with Crippen LogP contribution in [0.5, 0.6) is 0 Å². The summed E-state index contributed by atoms with van der Waals surface area (Å²) in [5, 5.41) is 5.27. The first kappa shape index (κ1) is 32.7. The fraction of sp³-hybridized carbons (Fsp3) is 0.405. The molecule has 0 amide bonds. The average molecular weight is 658 g/mol. The van der Waals surface area contributed by atoms with Crippen LogP contribution in [-0.2, 0) is 16.0 Å². The fourth-order valence-corrected chi connectivity index (χ4v) is 7.53. The minimum atomic E-state index is -0.491. The van der Waals surface area contributed by atoms with E-state index in [-0.39, 0.29) is 13.0 Å². The lowest BCUT2D eigenvalue weighted by atomic mass is 9.66. The molecule has 10 heteroatoms. The molecule has 1 saturated carbocycles. The van der Waals surface area contributed by atoms with Gasteiger partial charge in [0.15, 0.2) is 0 Å². The number of hydrogen-bond donors (Lipinski definition) is 3. The van der Waals surface area contributed by atoms with Gasteiger partial charge in [-0.1, -0.05) is 43.2 Å². The number of nitrogens with zero attached hydrogens (tertiary/aromatic N) is 2. The third kappa shape index (κ3) is 7.85. The third-order valence-electron chi connectivity index (χ3n) is 9.67. The number of benzene rings is 2. The van der Waals surface area contributed by atoms with Gasteiger partial charge in [0.2, 0.25) is 0 Å². The Morgan fingerprint density at radius 2 is 2.00 bits per heavy atom. The summed E-state index contributed by atoms with van der Waals surface area (Å²) < 4.78 is 10.9. The molecule has 2 bridgehead atoms. The van der Waals surface area contributed by atoms with E-state index in [4.69, 9.17) is 26.5 Å². The van der Waals surface area contributed by atoms with Gasteiger partial charge in [-0.25, -0.2) is 4.79 Å². The van der Waals surface area contributed by atoms with E-state index in [1.54, 1.807) is 6.07 Å². The van der Waals surface area contributed by atoms with Crippen LogP contribution in [0, 0.1) is 17.8 Å². The lowest BCUT2D eigenvalue weighted by Gasteiger charge is -2.39. The van der Waals surface area contributed by atoms with Crippen molar-refractivity contribution in [3.05, 3.63) is 97.5 Å². The Balaban J connectivity index is 0.951. The van der Waals surface area contributed by atoms with Crippen molar-refractivity contribution in [2.45, 2.75) is 51.4 Å². The Kier molecular flexibility index (Phi) is 9.94. The molecule has 1 aliphatic heterocycles. The standard InChI is InChI=1S/C37H44ClN5O4/c1-23-14-28(38)8-11-31(23)37(39)33-10-7-25-15-24(16-26(33)17-25)6-4-5-13-43-21-29(40-41-43)22-46-35(44)18-27-19-36(45)47-34-20-30(42(2)3)9-12-32(27)34/h8-12,14,19-21,24-26,40-41H,1,4-7,13,15-18,22,39H2,2-3H3/b37-31+. The number of esters is 1. The van der Waals surface area contributed by atoms with Gasteiger partial charge < -0.3 is 25.2 Å². The van der Waals surface area contributed by atoms with E-state index < -0.39 is 11.6 Å². The van der Waals surface area contributed by atoms with Crippen LogP contribution in [0.4, 0.5) is 5.69 Å². The third-order valence-corrected chi connectivity index (χ3v) is 9.90. The second-order valence-corrected chi connectivity index (χ2v) is 13.8. The predicted molar refractivity (Wildman–Crippen MR) is 187 cm³/mol. The van der Waals surface area contributed by atoms with E-state index in [1.807, 2.05) is 60.5 Å². The van der Waals surface area contributed by atoms with Gasteiger partial charge >= 0.3 is 11.6 Å². The molecular weight excluding hydrogens is 614 g/mol. The van der Waals surface area contributed by atoms with Gasteiger partial charge in [-0.2, -0.15) is 0 Å². The Morgan fingerprint density at radius 3 is 2.81 bits per heavy atom. The number of nitrogens with one attached hydrogen (secondary N) is 2. The number of carbonyl (C=O) groups excluding carboxylic acids is 1. The number of ether oxygens (including phenoxy) is 1. The van der Waals surface area contributed by atoms with Gasteiger partial charge in [0.05, 0.1) is 12.1 Å². The highest BCUT2D eigenvalue weighted by molar-refractivity contribution is 6.30. The van der Waals surface area contributed by atoms with Crippen molar-refractivity contribution in [3.8, 4) is 0 Å². The summed E-state index contributed by atoms with van der Waals surface area (Å²) in [6.45, 7) is 5.12. The molecule has 2 aromatic carbocycles. The maximum atomic E-state index is 12.7. The van der Waals surface area contributed by atoms with Crippen LogP contribution in [-0.4, -0.2) is 38.2 Å². The molecule has 3 unspecified atom stereocenters. The number of rotatable bonds is 11. The quantitative estimate of drug-likeness (QED) is 0.156. The van der Waals surface area contributed by atoms with Gasteiger partial charge in [0.1, 0.15) is 12.2 Å². The molecule has 0 saturated heterocycles. The van der Waals surface area contributed by atoms with Crippen molar-refractivity contribution >= 4 is 46.5 Å². The van der Waals surface area contributed by atoms with Crippen molar-refractivity contribution < 1.29 is 13.9 Å². The largest absolute Gasteiger partial charge is 0.459 e. The zero-order valence-corrected chi connectivity index (χ0v) is 27.9. The highest BCUT2D eigenvalue weighted by Crippen LogP contribution is 2.45. The van der Waals surface area contributed by atoms with Crippen LogP contribution >= 0.6 is 11.6 Å². The Hall–Kier alpha value is -4.21. The summed E-state index contributed by atoms with van der Waals surface area (Å²) in [4.78, 5) is 26.8. The number of unbranched alkanes of at least 4 members (excludes halogenated alkanes) is 1. The molecule has 3 atom stereocenters. The van der Waals surface area contributed by atoms with Crippen molar-refractivity contribution in [2.24, 2.45) is 23.5 Å². The van der Waals surface area contributed by atoms with E-state index in [1.165, 1.54) is 37.3 Å². The van der Waals surface area contributed by atoms with Crippen LogP contribution in [0.15, 0.2) is 75.2 Å². The molecule has 3 aromatic rings. The minimum Gasteiger partial charge on any atom is -0.459 e. The molecule has 0 radical (unpaired) electrons. The molecule has 2 heterocycles. The van der Waals surface area contributed by atoms with Gasteiger partial charge in [-0.3, -0.25) is 9.80 Å². The second-order valence-electron chi connectivity index (χ2n) is 13.3. The van der Waals surface area contributed by atoms with Gasteiger partial charge in [-0.15, -0.1) is 5.53 Å². The Morgan fingerprint density at radius 1 is 1.15 bits per heavy atom.